The van der Waals surface area contributed by atoms with Crippen molar-refractivity contribution in [1.29, 1.82) is 0 Å². The molecule has 7 nitrogen and oxygen atoms in total. The van der Waals surface area contributed by atoms with E-state index in [-0.39, 0.29) is 25.3 Å². The number of hydrogen-bond acceptors (Lipinski definition) is 6. The van der Waals surface area contributed by atoms with Gasteiger partial charge in [-0.2, -0.15) is 0 Å². The van der Waals surface area contributed by atoms with Gasteiger partial charge in [0, 0.05) is 5.69 Å². The summed E-state index contributed by atoms with van der Waals surface area (Å²) in [6, 6.07) is 22.4. The van der Waals surface area contributed by atoms with E-state index in [0.717, 1.165) is 16.9 Å². The van der Waals surface area contributed by atoms with E-state index < -0.39 is 25.8 Å². The summed E-state index contributed by atoms with van der Waals surface area (Å²) in [4.78, 5) is 11.2. The number of carbonyl (C=O) groups is 1. The molecule has 0 saturated carbocycles. The summed E-state index contributed by atoms with van der Waals surface area (Å²) < 4.78 is 54.5. The molecule has 0 spiro atoms. The fourth-order valence-electron chi connectivity index (χ4n) is 3.62. The highest BCUT2D eigenvalue weighted by Crippen LogP contribution is 2.32. The molecule has 0 aliphatic heterocycles. The third-order valence-corrected chi connectivity index (χ3v) is 10.2. The van der Waals surface area contributed by atoms with Crippen LogP contribution in [0.1, 0.15) is 21.5 Å². The number of rotatable bonds is 9. The van der Waals surface area contributed by atoms with Crippen molar-refractivity contribution >= 4 is 42.9 Å². The number of nitrogens with one attached hydrogen (secondary N) is 1. The molecule has 2 N–H and O–H groups in total. The molecule has 0 aliphatic carbocycles. The van der Waals surface area contributed by atoms with Crippen molar-refractivity contribution in [2.75, 3.05) is 4.72 Å². The van der Waals surface area contributed by atoms with E-state index in [1.165, 1.54) is 23.6 Å². The number of carboxylic acid groups (broad SMARTS) is 1. The van der Waals surface area contributed by atoms with Crippen LogP contribution in [0, 0.1) is 0 Å². The summed E-state index contributed by atoms with van der Waals surface area (Å²) in [6.07, 6.45) is 0.954. The number of sulfonamides is 1. The van der Waals surface area contributed by atoms with Crippen LogP contribution >= 0.6 is 11.3 Å². The van der Waals surface area contributed by atoms with Crippen LogP contribution < -0.4 is 4.72 Å². The summed E-state index contributed by atoms with van der Waals surface area (Å²) >= 11 is 0.828. The number of anilines is 1. The number of aryl methyl sites for hydroxylation is 2. The Kier molecular flexibility index (Phi) is 7.06. The number of hydrogen-bond donors (Lipinski definition) is 2. The first-order valence-corrected chi connectivity index (χ1v) is 14.3. The first-order valence-electron chi connectivity index (χ1n) is 10.5. The third-order valence-electron chi connectivity index (χ3n) is 5.29. The quantitative estimate of drug-likeness (QED) is 0.321. The van der Waals surface area contributed by atoms with Gasteiger partial charge in [0.15, 0.2) is 4.21 Å². The molecule has 1 aromatic heterocycles. The molecular weight excluding hydrogens is 506 g/mol. The second-order valence-corrected chi connectivity index (χ2v) is 12.4. The van der Waals surface area contributed by atoms with E-state index in [0.29, 0.717) is 18.4 Å². The van der Waals surface area contributed by atoms with E-state index in [9.17, 15) is 26.7 Å². The van der Waals surface area contributed by atoms with Gasteiger partial charge in [0.1, 0.15) is 4.90 Å². The molecule has 0 fully saturated rings. The molecule has 0 aliphatic rings. The fourth-order valence-corrected chi connectivity index (χ4v) is 8.25. The lowest BCUT2D eigenvalue weighted by Gasteiger charge is -2.11. The summed E-state index contributed by atoms with van der Waals surface area (Å²) in [5.41, 5.74) is 1.99. The zero-order valence-electron chi connectivity index (χ0n) is 18.3. The molecule has 1 heterocycles. The molecule has 4 aromatic rings. The molecule has 0 saturated heterocycles. The Labute approximate surface area is 207 Å². The minimum absolute atomic E-state index is 0.0125. The van der Waals surface area contributed by atoms with Gasteiger partial charge in [-0.1, -0.05) is 48.5 Å². The molecule has 4 rings (SSSR count). The number of aromatic carboxylic acids is 1. The van der Waals surface area contributed by atoms with E-state index in [1.54, 1.807) is 60.7 Å². The molecule has 0 unspecified atom stereocenters. The van der Waals surface area contributed by atoms with Gasteiger partial charge in [0.05, 0.1) is 10.5 Å². The minimum Gasteiger partial charge on any atom is -0.478 e. The number of benzene rings is 3. The van der Waals surface area contributed by atoms with Crippen molar-refractivity contribution in [3.63, 3.8) is 0 Å². The second-order valence-electron chi connectivity index (χ2n) is 7.66. The zero-order valence-corrected chi connectivity index (χ0v) is 20.7. The van der Waals surface area contributed by atoms with Crippen molar-refractivity contribution < 1.29 is 26.7 Å². The topological polar surface area (TPSA) is 118 Å². The van der Waals surface area contributed by atoms with Gasteiger partial charge in [-0.15, -0.1) is 11.3 Å². The van der Waals surface area contributed by atoms with Crippen molar-refractivity contribution in [2.45, 2.75) is 26.8 Å². The normalized spacial score (nSPS) is 11.8. The van der Waals surface area contributed by atoms with E-state index >= 15 is 0 Å². The van der Waals surface area contributed by atoms with Gasteiger partial charge in [0.25, 0.3) is 10.0 Å². The predicted octanol–water partition coefficient (Wildman–Crippen LogP) is 4.87. The van der Waals surface area contributed by atoms with Crippen LogP contribution in [0.25, 0.3) is 0 Å². The van der Waals surface area contributed by atoms with Crippen LogP contribution in [0.2, 0.25) is 0 Å². The highest BCUT2D eigenvalue weighted by atomic mass is 32.2. The Morgan fingerprint density at radius 1 is 0.829 bits per heavy atom. The zero-order chi connectivity index (χ0) is 25.1. The van der Waals surface area contributed by atoms with Crippen LogP contribution in [0.5, 0.6) is 0 Å². The van der Waals surface area contributed by atoms with Crippen LogP contribution in [-0.2, 0) is 32.7 Å². The van der Waals surface area contributed by atoms with Crippen LogP contribution in [-0.4, -0.2) is 27.9 Å². The Bertz CT molecular complexity index is 1580. The van der Waals surface area contributed by atoms with Gasteiger partial charge >= 0.3 is 5.97 Å². The van der Waals surface area contributed by atoms with Gasteiger partial charge in [-0.05, 0) is 65.7 Å². The van der Waals surface area contributed by atoms with Gasteiger partial charge in [-0.25, -0.2) is 21.6 Å². The van der Waals surface area contributed by atoms with Gasteiger partial charge in [0.2, 0.25) is 9.84 Å². The molecular formula is C25H21NO6S3. The van der Waals surface area contributed by atoms with Gasteiger partial charge < -0.3 is 5.11 Å². The monoisotopic (exact) mass is 527 g/mol. The van der Waals surface area contributed by atoms with Crippen molar-refractivity contribution in [3.8, 4) is 0 Å². The second kappa shape index (κ2) is 10.0. The number of sulfone groups is 1. The average Bonchev–Trinajstić information content (AvgIpc) is 3.36. The molecule has 0 amide bonds. The summed E-state index contributed by atoms with van der Waals surface area (Å²) in [5.74, 6) is -1.00. The minimum atomic E-state index is -4.18. The Balaban J connectivity index is 1.56. The third kappa shape index (κ3) is 5.45. The van der Waals surface area contributed by atoms with Crippen LogP contribution in [0.3, 0.4) is 0 Å². The molecule has 10 heteroatoms. The Hall–Kier alpha value is -3.47. The first-order chi connectivity index (χ1) is 16.7. The average molecular weight is 528 g/mol. The predicted molar refractivity (Wildman–Crippen MR) is 134 cm³/mol. The number of carboxylic acids is 1. The molecule has 0 bridgehead atoms. The molecule has 0 atom stereocenters. The lowest BCUT2D eigenvalue weighted by atomic mass is 10.00. The standard InChI is InChI=1S/C25H21NO6S3/c27-24(28)22-12-5-4-8-19(22)14-13-18-7-6-9-20(17-18)26-35(31,32)25-23(15-16-33-25)34(29,30)21-10-2-1-3-11-21/h1-12,15-17,26H,13-14H2,(H,27,28). The maximum atomic E-state index is 13.1. The first kappa shape index (κ1) is 24.6. The number of thiophene rings is 1. The van der Waals surface area contributed by atoms with Crippen molar-refractivity contribution in [2.24, 2.45) is 0 Å². The fraction of sp³-hybridized carbons (Fsp3) is 0.0800. The SMILES string of the molecule is O=C(O)c1ccccc1CCc1cccc(NS(=O)(=O)c2sccc2S(=O)(=O)c2ccccc2)c1. The molecule has 35 heavy (non-hydrogen) atoms. The van der Waals surface area contributed by atoms with Gasteiger partial charge in [-0.3, -0.25) is 4.72 Å². The van der Waals surface area contributed by atoms with E-state index in [4.69, 9.17) is 0 Å². The molecule has 180 valence electrons. The largest absolute Gasteiger partial charge is 0.478 e. The highest BCUT2D eigenvalue weighted by molar-refractivity contribution is 7.96. The van der Waals surface area contributed by atoms with Crippen LogP contribution in [0.15, 0.2) is 104 Å². The van der Waals surface area contributed by atoms with E-state index in [2.05, 4.69) is 4.72 Å². The highest BCUT2D eigenvalue weighted by Gasteiger charge is 2.29. The Morgan fingerprint density at radius 2 is 1.54 bits per heavy atom. The van der Waals surface area contributed by atoms with Crippen molar-refractivity contribution in [3.05, 3.63) is 107 Å². The van der Waals surface area contributed by atoms with E-state index in [1.807, 2.05) is 6.07 Å². The maximum Gasteiger partial charge on any atom is 0.335 e. The smallest absolute Gasteiger partial charge is 0.335 e. The van der Waals surface area contributed by atoms with Crippen LogP contribution in [0.4, 0.5) is 5.69 Å². The maximum absolute atomic E-state index is 13.1. The lowest BCUT2D eigenvalue weighted by molar-refractivity contribution is 0.0695. The molecule has 3 aromatic carbocycles. The molecule has 0 radical (unpaired) electrons. The van der Waals surface area contributed by atoms with Crippen molar-refractivity contribution in [1.82, 2.24) is 0 Å². The Morgan fingerprint density at radius 3 is 2.29 bits per heavy atom. The summed E-state index contributed by atoms with van der Waals surface area (Å²) in [6.45, 7) is 0. The summed E-state index contributed by atoms with van der Waals surface area (Å²) in [5, 5.41) is 10.8. The summed E-state index contributed by atoms with van der Waals surface area (Å²) in [7, 11) is -8.20. The lowest BCUT2D eigenvalue weighted by Crippen LogP contribution is -2.15.